The molecule has 0 aliphatic carbocycles. The highest BCUT2D eigenvalue weighted by molar-refractivity contribution is 9.10. The molecule has 0 radical (unpaired) electrons. The maximum absolute atomic E-state index is 13.5. The van der Waals surface area contributed by atoms with Crippen LogP contribution in [0.5, 0.6) is 0 Å². The lowest BCUT2D eigenvalue weighted by Crippen LogP contribution is -2.09. The molecule has 1 rings (SSSR count). The van der Waals surface area contributed by atoms with Gasteiger partial charge in [-0.15, -0.1) is 0 Å². The van der Waals surface area contributed by atoms with E-state index in [0.717, 1.165) is 0 Å². The zero-order chi connectivity index (χ0) is 11.4. The molecule has 15 heavy (non-hydrogen) atoms. The van der Waals surface area contributed by atoms with E-state index in [1.165, 1.54) is 6.07 Å². The molecular formula is C10H9BrClFO2. The van der Waals surface area contributed by atoms with E-state index in [0.29, 0.717) is 4.47 Å². The van der Waals surface area contributed by atoms with Crippen LogP contribution in [0.4, 0.5) is 4.39 Å². The van der Waals surface area contributed by atoms with Crippen LogP contribution in [-0.2, 0) is 16.0 Å². The third-order valence-corrected chi connectivity index (χ3v) is 2.80. The highest BCUT2D eigenvalue weighted by Crippen LogP contribution is 2.26. The topological polar surface area (TPSA) is 26.3 Å². The Bertz CT molecular complexity index is 382. The minimum atomic E-state index is -0.584. The molecule has 0 fully saturated rings. The molecule has 0 bridgehead atoms. The third kappa shape index (κ3) is 3.18. The van der Waals surface area contributed by atoms with Crippen molar-refractivity contribution < 1.29 is 13.9 Å². The normalized spacial score (nSPS) is 10.1. The van der Waals surface area contributed by atoms with E-state index in [1.807, 2.05) is 0 Å². The number of ether oxygens (including phenoxy) is 1. The zero-order valence-corrected chi connectivity index (χ0v) is 10.4. The summed E-state index contributed by atoms with van der Waals surface area (Å²) in [4.78, 5) is 11.2. The Labute approximate surface area is 101 Å². The molecular weight excluding hydrogens is 286 g/mol. The molecule has 0 aliphatic rings. The van der Waals surface area contributed by atoms with Crippen LogP contribution in [0.3, 0.4) is 0 Å². The largest absolute Gasteiger partial charge is 0.466 e. The molecule has 0 spiro atoms. The summed E-state index contributed by atoms with van der Waals surface area (Å²) >= 11 is 8.75. The number of benzene rings is 1. The summed E-state index contributed by atoms with van der Waals surface area (Å²) in [5.74, 6) is -1.06. The van der Waals surface area contributed by atoms with E-state index in [9.17, 15) is 9.18 Å². The maximum Gasteiger partial charge on any atom is 0.310 e. The van der Waals surface area contributed by atoms with Gasteiger partial charge in [-0.2, -0.15) is 0 Å². The molecule has 0 aliphatic heterocycles. The van der Waals surface area contributed by atoms with Gasteiger partial charge in [0.15, 0.2) is 0 Å². The highest BCUT2D eigenvalue weighted by Gasteiger charge is 2.14. The number of hydrogen-bond donors (Lipinski definition) is 0. The van der Waals surface area contributed by atoms with E-state index < -0.39 is 11.8 Å². The number of hydrogen-bond acceptors (Lipinski definition) is 2. The van der Waals surface area contributed by atoms with Crippen LogP contribution in [-0.4, -0.2) is 12.6 Å². The third-order valence-electron chi connectivity index (χ3n) is 1.77. The minimum absolute atomic E-state index is 0.00232. The summed E-state index contributed by atoms with van der Waals surface area (Å²) in [6.45, 7) is 1.97. The van der Waals surface area contributed by atoms with Crippen LogP contribution in [0.2, 0.25) is 5.02 Å². The number of carbonyl (C=O) groups excluding carboxylic acids is 1. The van der Waals surface area contributed by atoms with Gasteiger partial charge in [0, 0.05) is 10.0 Å². The Morgan fingerprint density at radius 3 is 2.87 bits per heavy atom. The van der Waals surface area contributed by atoms with E-state index >= 15 is 0 Å². The number of esters is 1. The molecule has 82 valence electrons. The molecule has 0 saturated heterocycles. The van der Waals surface area contributed by atoms with E-state index in [-0.39, 0.29) is 23.6 Å². The Kier molecular flexibility index (Phi) is 4.54. The molecule has 2 nitrogen and oxygen atoms in total. The molecule has 0 unspecified atom stereocenters. The van der Waals surface area contributed by atoms with Gasteiger partial charge in [0.2, 0.25) is 0 Å². The smallest absolute Gasteiger partial charge is 0.310 e. The average molecular weight is 296 g/mol. The molecule has 1 aromatic carbocycles. The molecule has 0 amide bonds. The quantitative estimate of drug-likeness (QED) is 0.631. The van der Waals surface area contributed by atoms with Crippen molar-refractivity contribution in [3.05, 3.63) is 33.0 Å². The Morgan fingerprint density at radius 1 is 1.60 bits per heavy atom. The second-order valence-electron chi connectivity index (χ2n) is 2.80. The van der Waals surface area contributed by atoms with Gasteiger partial charge in [-0.05, 0) is 19.1 Å². The van der Waals surface area contributed by atoms with Crippen LogP contribution in [0.25, 0.3) is 0 Å². The second kappa shape index (κ2) is 5.47. The van der Waals surface area contributed by atoms with E-state index in [4.69, 9.17) is 16.3 Å². The number of halogens is 3. The fourth-order valence-electron chi connectivity index (χ4n) is 1.09. The van der Waals surface area contributed by atoms with E-state index in [1.54, 1.807) is 13.0 Å². The summed E-state index contributed by atoms with van der Waals surface area (Å²) in [6.07, 6.45) is -0.124. The molecule has 0 N–H and O–H groups in total. The van der Waals surface area contributed by atoms with Crippen molar-refractivity contribution in [3.8, 4) is 0 Å². The van der Waals surface area contributed by atoms with E-state index in [2.05, 4.69) is 15.9 Å². The monoisotopic (exact) mass is 294 g/mol. The molecule has 0 atom stereocenters. The summed E-state index contributed by atoms with van der Waals surface area (Å²) in [7, 11) is 0. The summed E-state index contributed by atoms with van der Waals surface area (Å²) in [5.41, 5.74) is 0.223. The second-order valence-corrected chi connectivity index (χ2v) is 4.07. The Hall–Kier alpha value is -0.610. The number of carbonyl (C=O) groups is 1. The predicted molar refractivity (Wildman–Crippen MR) is 59.4 cm³/mol. The van der Waals surface area contributed by atoms with Gasteiger partial charge in [0.05, 0.1) is 18.1 Å². The standard InChI is InChI=1S/C10H9BrClFO2/c1-2-15-9(14)5-6-7(11)3-4-8(12)10(6)13/h3-4H,2,5H2,1H3. The molecule has 5 heteroatoms. The van der Waals surface area contributed by atoms with Crippen LogP contribution in [0.15, 0.2) is 16.6 Å². The first kappa shape index (κ1) is 12.5. The zero-order valence-electron chi connectivity index (χ0n) is 8.02. The number of rotatable bonds is 3. The maximum atomic E-state index is 13.5. The van der Waals surface area contributed by atoms with Crippen molar-refractivity contribution in [2.75, 3.05) is 6.61 Å². The van der Waals surface area contributed by atoms with Gasteiger partial charge in [-0.1, -0.05) is 27.5 Å². The lowest BCUT2D eigenvalue weighted by molar-refractivity contribution is -0.142. The van der Waals surface area contributed by atoms with Crippen LogP contribution < -0.4 is 0 Å². The molecule has 0 aromatic heterocycles. The van der Waals surface area contributed by atoms with Crippen LogP contribution in [0.1, 0.15) is 12.5 Å². The van der Waals surface area contributed by atoms with Crippen molar-refractivity contribution in [1.82, 2.24) is 0 Å². The summed E-state index contributed by atoms with van der Waals surface area (Å²) in [6, 6.07) is 3.02. The van der Waals surface area contributed by atoms with Gasteiger partial charge in [-0.3, -0.25) is 4.79 Å². The van der Waals surface area contributed by atoms with Crippen molar-refractivity contribution in [2.45, 2.75) is 13.3 Å². The fourth-order valence-corrected chi connectivity index (χ4v) is 1.71. The van der Waals surface area contributed by atoms with Gasteiger partial charge < -0.3 is 4.74 Å². The summed E-state index contributed by atoms with van der Waals surface area (Å²) < 4.78 is 18.7. The van der Waals surface area contributed by atoms with Crippen molar-refractivity contribution in [3.63, 3.8) is 0 Å². The molecule has 0 saturated carbocycles. The Balaban J connectivity index is 2.93. The molecule has 0 heterocycles. The Morgan fingerprint density at radius 2 is 2.27 bits per heavy atom. The fraction of sp³-hybridized carbons (Fsp3) is 0.300. The lowest BCUT2D eigenvalue weighted by Gasteiger charge is -2.06. The van der Waals surface area contributed by atoms with Crippen LogP contribution >= 0.6 is 27.5 Å². The first-order valence-corrected chi connectivity index (χ1v) is 5.51. The molecule has 1 aromatic rings. The summed E-state index contributed by atoms with van der Waals surface area (Å²) in [5, 5.41) is -0.00232. The minimum Gasteiger partial charge on any atom is -0.466 e. The van der Waals surface area contributed by atoms with Crippen molar-refractivity contribution >= 4 is 33.5 Å². The van der Waals surface area contributed by atoms with Gasteiger partial charge in [-0.25, -0.2) is 4.39 Å². The average Bonchev–Trinajstić information content (AvgIpc) is 2.19. The SMILES string of the molecule is CCOC(=O)Cc1c(Br)ccc(Cl)c1F. The van der Waals surface area contributed by atoms with Crippen molar-refractivity contribution in [1.29, 1.82) is 0 Å². The van der Waals surface area contributed by atoms with Gasteiger partial charge in [0.1, 0.15) is 5.82 Å². The van der Waals surface area contributed by atoms with Crippen LogP contribution in [0, 0.1) is 5.82 Å². The first-order chi connectivity index (χ1) is 7.06. The highest BCUT2D eigenvalue weighted by atomic mass is 79.9. The lowest BCUT2D eigenvalue weighted by atomic mass is 10.1. The van der Waals surface area contributed by atoms with Crippen molar-refractivity contribution in [2.24, 2.45) is 0 Å². The van der Waals surface area contributed by atoms with Gasteiger partial charge >= 0.3 is 5.97 Å². The van der Waals surface area contributed by atoms with Gasteiger partial charge in [0.25, 0.3) is 0 Å². The predicted octanol–water partition coefficient (Wildman–Crippen LogP) is 3.35. The first-order valence-electron chi connectivity index (χ1n) is 4.34.